The lowest BCUT2D eigenvalue weighted by atomic mass is 10.1. The van der Waals surface area contributed by atoms with Crippen molar-refractivity contribution in [1.82, 2.24) is 5.32 Å². The Kier molecular flexibility index (Phi) is 5.82. The van der Waals surface area contributed by atoms with Crippen LogP contribution in [0.4, 0.5) is 10.5 Å². The van der Waals surface area contributed by atoms with Crippen LogP contribution in [0, 0.1) is 20.8 Å². The molecule has 0 atom stereocenters. The standard InChI is InChI=1S/C18H19ClN2O3/c1-11-4-7-16(13(3)8-11)20-18(23)21-17(22)10-24-14-5-6-15(19)12(2)9-14/h4-9H,10H2,1-3H3,(H2,20,21,22,23). The quantitative estimate of drug-likeness (QED) is 0.879. The first-order valence-corrected chi connectivity index (χ1v) is 7.80. The van der Waals surface area contributed by atoms with Crippen LogP contribution in [0.15, 0.2) is 36.4 Å². The molecule has 2 N–H and O–H groups in total. The predicted octanol–water partition coefficient (Wildman–Crippen LogP) is 3.99. The molecule has 0 aliphatic heterocycles. The number of aryl methyl sites for hydroxylation is 3. The Morgan fingerprint density at radius 2 is 1.79 bits per heavy atom. The predicted molar refractivity (Wildman–Crippen MR) is 94.8 cm³/mol. The molecule has 126 valence electrons. The van der Waals surface area contributed by atoms with Gasteiger partial charge in [0.15, 0.2) is 6.61 Å². The number of carbonyl (C=O) groups excluding carboxylic acids is 2. The molecular formula is C18H19ClN2O3. The van der Waals surface area contributed by atoms with Gasteiger partial charge in [-0.2, -0.15) is 0 Å². The van der Waals surface area contributed by atoms with Crippen molar-refractivity contribution in [3.8, 4) is 5.75 Å². The van der Waals surface area contributed by atoms with Gasteiger partial charge in [-0.1, -0.05) is 29.3 Å². The van der Waals surface area contributed by atoms with Gasteiger partial charge in [-0.25, -0.2) is 4.79 Å². The number of hydrogen-bond donors (Lipinski definition) is 2. The monoisotopic (exact) mass is 346 g/mol. The largest absolute Gasteiger partial charge is 0.484 e. The third-order valence-corrected chi connectivity index (χ3v) is 3.81. The molecule has 0 saturated heterocycles. The second kappa shape index (κ2) is 7.84. The lowest BCUT2D eigenvalue weighted by Crippen LogP contribution is -2.37. The number of halogens is 1. The average Bonchev–Trinajstić information content (AvgIpc) is 2.51. The molecule has 0 heterocycles. The topological polar surface area (TPSA) is 67.4 Å². The first-order chi connectivity index (χ1) is 11.3. The van der Waals surface area contributed by atoms with Gasteiger partial charge in [-0.15, -0.1) is 0 Å². The van der Waals surface area contributed by atoms with E-state index in [0.29, 0.717) is 16.5 Å². The molecule has 2 aromatic carbocycles. The van der Waals surface area contributed by atoms with Gasteiger partial charge < -0.3 is 10.1 Å². The maximum Gasteiger partial charge on any atom is 0.325 e. The van der Waals surface area contributed by atoms with Crippen LogP contribution in [0.3, 0.4) is 0 Å². The number of benzene rings is 2. The summed E-state index contributed by atoms with van der Waals surface area (Å²) >= 11 is 5.92. The van der Waals surface area contributed by atoms with Crippen molar-refractivity contribution in [1.29, 1.82) is 0 Å². The van der Waals surface area contributed by atoms with Crippen LogP contribution in [-0.4, -0.2) is 18.5 Å². The average molecular weight is 347 g/mol. The molecular weight excluding hydrogens is 328 g/mol. The zero-order valence-corrected chi connectivity index (χ0v) is 14.5. The van der Waals surface area contributed by atoms with Gasteiger partial charge in [0.1, 0.15) is 5.75 Å². The molecule has 0 radical (unpaired) electrons. The second-order valence-electron chi connectivity index (χ2n) is 5.52. The molecule has 24 heavy (non-hydrogen) atoms. The molecule has 0 unspecified atom stereocenters. The highest BCUT2D eigenvalue weighted by atomic mass is 35.5. The number of ether oxygens (including phenoxy) is 1. The number of anilines is 1. The summed E-state index contributed by atoms with van der Waals surface area (Å²) in [5, 5.41) is 5.49. The lowest BCUT2D eigenvalue weighted by Gasteiger charge is -2.11. The molecule has 0 saturated carbocycles. The summed E-state index contributed by atoms with van der Waals surface area (Å²) in [7, 11) is 0. The number of hydrogen-bond acceptors (Lipinski definition) is 3. The van der Waals surface area contributed by atoms with Crippen molar-refractivity contribution in [2.45, 2.75) is 20.8 Å². The minimum atomic E-state index is -0.595. The highest BCUT2D eigenvalue weighted by molar-refractivity contribution is 6.31. The fourth-order valence-corrected chi connectivity index (χ4v) is 2.24. The molecule has 6 heteroatoms. The van der Waals surface area contributed by atoms with Crippen LogP contribution in [-0.2, 0) is 4.79 Å². The van der Waals surface area contributed by atoms with E-state index < -0.39 is 11.9 Å². The summed E-state index contributed by atoms with van der Waals surface area (Å²) < 4.78 is 5.34. The summed E-state index contributed by atoms with van der Waals surface area (Å²) in [6.07, 6.45) is 0. The smallest absolute Gasteiger partial charge is 0.325 e. The maximum absolute atomic E-state index is 11.9. The molecule has 2 rings (SSSR count). The van der Waals surface area contributed by atoms with Crippen LogP contribution in [0.5, 0.6) is 5.75 Å². The van der Waals surface area contributed by atoms with E-state index in [1.54, 1.807) is 24.3 Å². The van der Waals surface area contributed by atoms with Crippen LogP contribution in [0.1, 0.15) is 16.7 Å². The van der Waals surface area contributed by atoms with E-state index in [1.165, 1.54) is 0 Å². The van der Waals surface area contributed by atoms with Crippen LogP contribution < -0.4 is 15.4 Å². The summed E-state index contributed by atoms with van der Waals surface area (Å²) in [5.41, 5.74) is 3.52. The maximum atomic E-state index is 11.9. The zero-order chi connectivity index (χ0) is 17.7. The fourth-order valence-electron chi connectivity index (χ4n) is 2.13. The van der Waals surface area contributed by atoms with Crippen molar-refractivity contribution in [2.75, 3.05) is 11.9 Å². The molecule has 0 spiro atoms. The lowest BCUT2D eigenvalue weighted by molar-refractivity contribution is -0.121. The third kappa shape index (κ3) is 4.99. The SMILES string of the molecule is Cc1ccc(NC(=O)NC(=O)COc2ccc(Cl)c(C)c2)c(C)c1. The van der Waals surface area contributed by atoms with Crippen molar-refractivity contribution < 1.29 is 14.3 Å². The van der Waals surface area contributed by atoms with E-state index in [-0.39, 0.29) is 6.61 Å². The van der Waals surface area contributed by atoms with Crippen LogP contribution >= 0.6 is 11.6 Å². The first kappa shape index (κ1) is 17.8. The van der Waals surface area contributed by atoms with Gasteiger partial charge in [0, 0.05) is 10.7 Å². The fraction of sp³-hybridized carbons (Fsp3) is 0.222. The van der Waals surface area contributed by atoms with E-state index in [9.17, 15) is 9.59 Å². The molecule has 0 fully saturated rings. The Morgan fingerprint density at radius 1 is 1.04 bits per heavy atom. The second-order valence-corrected chi connectivity index (χ2v) is 5.93. The van der Waals surface area contributed by atoms with E-state index >= 15 is 0 Å². The normalized spacial score (nSPS) is 10.2. The Labute approximate surface area is 146 Å². The minimum Gasteiger partial charge on any atom is -0.484 e. The number of rotatable bonds is 4. The zero-order valence-electron chi connectivity index (χ0n) is 13.8. The minimum absolute atomic E-state index is 0.263. The highest BCUT2D eigenvalue weighted by Gasteiger charge is 2.10. The van der Waals surface area contributed by atoms with Gasteiger partial charge in [0.05, 0.1) is 0 Å². The molecule has 2 aromatic rings. The van der Waals surface area contributed by atoms with E-state index in [0.717, 1.165) is 16.7 Å². The van der Waals surface area contributed by atoms with E-state index in [4.69, 9.17) is 16.3 Å². The van der Waals surface area contributed by atoms with E-state index in [1.807, 2.05) is 32.9 Å². The van der Waals surface area contributed by atoms with Gasteiger partial charge in [-0.3, -0.25) is 10.1 Å². The Bertz CT molecular complexity index is 775. The van der Waals surface area contributed by atoms with Gasteiger partial charge >= 0.3 is 6.03 Å². The number of nitrogens with one attached hydrogen (secondary N) is 2. The molecule has 0 aliphatic rings. The summed E-state index contributed by atoms with van der Waals surface area (Å²) in [6.45, 7) is 5.43. The molecule has 0 bridgehead atoms. The van der Waals surface area contributed by atoms with Crippen molar-refractivity contribution >= 4 is 29.2 Å². The third-order valence-electron chi connectivity index (χ3n) is 3.38. The van der Waals surface area contributed by atoms with Crippen LogP contribution in [0.25, 0.3) is 0 Å². The highest BCUT2D eigenvalue weighted by Crippen LogP contribution is 2.21. The summed E-state index contributed by atoms with van der Waals surface area (Å²) in [5.74, 6) is -0.0216. The number of urea groups is 1. The summed E-state index contributed by atoms with van der Waals surface area (Å²) in [4.78, 5) is 23.6. The molecule has 3 amide bonds. The Balaban J connectivity index is 1.85. The summed E-state index contributed by atoms with van der Waals surface area (Å²) in [6, 6.07) is 10.1. The Morgan fingerprint density at radius 3 is 2.46 bits per heavy atom. The number of amides is 3. The molecule has 0 aliphatic carbocycles. The van der Waals surface area contributed by atoms with E-state index in [2.05, 4.69) is 10.6 Å². The van der Waals surface area contributed by atoms with Gasteiger partial charge in [0.2, 0.25) is 0 Å². The molecule has 5 nitrogen and oxygen atoms in total. The number of imide groups is 1. The first-order valence-electron chi connectivity index (χ1n) is 7.42. The van der Waals surface area contributed by atoms with Crippen LogP contribution in [0.2, 0.25) is 5.02 Å². The van der Waals surface area contributed by atoms with Gasteiger partial charge in [-0.05, 0) is 56.2 Å². The molecule has 0 aromatic heterocycles. The van der Waals surface area contributed by atoms with Gasteiger partial charge in [0.25, 0.3) is 5.91 Å². The van der Waals surface area contributed by atoms with Crippen molar-refractivity contribution in [2.24, 2.45) is 0 Å². The van der Waals surface area contributed by atoms with Crippen molar-refractivity contribution in [3.05, 3.63) is 58.1 Å². The number of carbonyl (C=O) groups is 2. The Hall–Kier alpha value is -2.53. The van der Waals surface area contributed by atoms with Crippen molar-refractivity contribution in [3.63, 3.8) is 0 Å².